The van der Waals surface area contributed by atoms with E-state index in [0.717, 1.165) is 5.56 Å². The molecule has 0 amide bonds. The first-order chi connectivity index (χ1) is 12.8. The second kappa shape index (κ2) is 9.48. The largest absolute Gasteiger partial charge is 0.494 e. The average molecular weight is 395 g/mol. The van der Waals surface area contributed by atoms with Gasteiger partial charge in [-0.25, -0.2) is 17.5 Å². The topological polar surface area (TPSA) is 92.7 Å². The summed E-state index contributed by atoms with van der Waals surface area (Å²) in [5.41, 5.74) is 0.925. The van der Waals surface area contributed by atoms with Crippen molar-refractivity contribution in [2.24, 2.45) is 0 Å². The van der Waals surface area contributed by atoms with E-state index in [-0.39, 0.29) is 23.7 Å². The zero-order chi connectivity index (χ0) is 19.9. The van der Waals surface area contributed by atoms with E-state index in [0.29, 0.717) is 18.6 Å². The fraction of sp³-hybridized carbons (Fsp3) is 0.316. The van der Waals surface area contributed by atoms with Crippen LogP contribution in [0.15, 0.2) is 53.4 Å². The molecule has 0 aliphatic rings. The summed E-state index contributed by atoms with van der Waals surface area (Å²) in [6.45, 7) is 2.10. The summed E-state index contributed by atoms with van der Waals surface area (Å²) in [4.78, 5) is 11.2. The van der Waals surface area contributed by atoms with Crippen LogP contribution in [0, 0.1) is 12.7 Å². The predicted molar refractivity (Wildman–Crippen MR) is 98.7 cm³/mol. The van der Waals surface area contributed by atoms with Gasteiger partial charge in [-0.15, -0.1) is 0 Å². The molecule has 0 radical (unpaired) electrons. The van der Waals surface area contributed by atoms with E-state index >= 15 is 0 Å². The third-order valence-corrected chi connectivity index (χ3v) is 5.39. The lowest BCUT2D eigenvalue weighted by Crippen LogP contribution is -2.36. The highest BCUT2D eigenvalue weighted by molar-refractivity contribution is 7.89. The third kappa shape index (κ3) is 6.99. The number of sulfonamides is 1. The Hall–Kier alpha value is -2.45. The van der Waals surface area contributed by atoms with Gasteiger partial charge in [-0.1, -0.05) is 17.7 Å². The third-order valence-electron chi connectivity index (χ3n) is 3.85. The van der Waals surface area contributed by atoms with Gasteiger partial charge in [0.1, 0.15) is 11.6 Å². The van der Waals surface area contributed by atoms with E-state index in [4.69, 9.17) is 9.84 Å². The summed E-state index contributed by atoms with van der Waals surface area (Å²) >= 11 is 0. The monoisotopic (exact) mass is 395 g/mol. The normalized spacial score (nSPS) is 12.5. The first-order valence-corrected chi connectivity index (χ1v) is 9.94. The van der Waals surface area contributed by atoms with Crippen LogP contribution in [0.5, 0.6) is 5.75 Å². The van der Waals surface area contributed by atoms with E-state index in [1.807, 2.05) is 6.92 Å². The standard InChI is InChI=1S/C19H22FNO5S/c1-14-4-10-18(11-5-14)27(24,25)21-16(13-19(22)23)3-2-12-26-17-8-6-15(20)7-9-17/h4-11,16,21H,2-3,12-13H2,1H3,(H,22,23). The SMILES string of the molecule is Cc1ccc(S(=O)(=O)NC(CCCOc2ccc(F)cc2)CC(=O)O)cc1. The Morgan fingerprint density at radius 1 is 1.15 bits per heavy atom. The van der Waals surface area contributed by atoms with Gasteiger partial charge in [0.15, 0.2) is 0 Å². The maximum absolute atomic E-state index is 12.8. The highest BCUT2D eigenvalue weighted by Gasteiger charge is 2.22. The van der Waals surface area contributed by atoms with Gasteiger partial charge < -0.3 is 9.84 Å². The molecule has 8 heteroatoms. The molecule has 0 bridgehead atoms. The Balaban J connectivity index is 1.92. The average Bonchev–Trinajstić information content (AvgIpc) is 2.59. The minimum Gasteiger partial charge on any atom is -0.494 e. The summed E-state index contributed by atoms with van der Waals surface area (Å²) in [7, 11) is -3.81. The molecule has 2 rings (SSSR count). The number of aryl methyl sites for hydroxylation is 1. The van der Waals surface area contributed by atoms with Crippen LogP contribution in [-0.4, -0.2) is 32.1 Å². The summed E-state index contributed by atoms with van der Waals surface area (Å²) in [5.74, 6) is -0.966. The summed E-state index contributed by atoms with van der Waals surface area (Å²) in [6, 6.07) is 11.1. The quantitative estimate of drug-likeness (QED) is 0.603. The van der Waals surface area contributed by atoms with Crippen molar-refractivity contribution in [3.05, 3.63) is 59.9 Å². The molecule has 27 heavy (non-hydrogen) atoms. The van der Waals surface area contributed by atoms with Crippen LogP contribution in [0.25, 0.3) is 0 Å². The number of aliphatic carboxylic acids is 1. The summed E-state index contributed by atoms with van der Waals surface area (Å²) in [5, 5.41) is 9.05. The number of hydrogen-bond acceptors (Lipinski definition) is 4. The molecule has 0 aliphatic carbocycles. The molecular formula is C19H22FNO5S. The number of carboxylic acid groups (broad SMARTS) is 1. The van der Waals surface area contributed by atoms with Crippen LogP contribution in [0.3, 0.4) is 0 Å². The molecule has 1 atom stereocenters. The van der Waals surface area contributed by atoms with Gasteiger partial charge in [-0.2, -0.15) is 0 Å². The Labute approximate surface area is 158 Å². The van der Waals surface area contributed by atoms with Gasteiger partial charge in [-0.3, -0.25) is 4.79 Å². The highest BCUT2D eigenvalue weighted by atomic mass is 32.2. The van der Waals surface area contributed by atoms with E-state index in [9.17, 15) is 17.6 Å². The second-order valence-corrected chi connectivity index (χ2v) is 7.89. The van der Waals surface area contributed by atoms with Crippen LogP contribution in [0.2, 0.25) is 0 Å². The number of nitrogens with one attached hydrogen (secondary N) is 1. The molecule has 0 spiro atoms. The lowest BCUT2D eigenvalue weighted by atomic mass is 10.1. The maximum Gasteiger partial charge on any atom is 0.304 e. The number of carboxylic acids is 1. The number of rotatable bonds is 10. The molecule has 0 saturated heterocycles. The highest BCUT2D eigenvalue weighted by Crippen LogP contribution is 2.15. The molecule has 2 aromatic rings. The fourth-order valence-corrected chi connectivity index (χ4v) is 3.74. The van der Waals surface area contributed by atoms with Gasteiger partial charge in [0.05, 0.1) is 17.9 Å². The lowest BCUT2D eigenvalue weighted by molar-refractivity contribution is -0.137. The van der Waals surface area contributed by atoms with Crippen molar-refractivity contribution in [1.82, 2.24) is 4.72 Å². The molecule has 2 aromatic carbocycles. The van der Waals surface area contributed by atoms with Crippen LogP contribution in [0.1, 0.15) is 24.8 Å². The van der Waals surface area contributed by atoms with Crippen molar-refractivity contribution in [2.45, 2.75) is 37.1 Å². The second-order valence-electron chi connectivity index (χ2n) is 6.17. The number of hydrogen-bond donors (Lipinski definition) is 2. The number of carbonyl (C=O) groups is 1. The summed E-state index contributed by atoms with van der Waals surface area (Å²) < 4.78 is 45.7. The van der Waals surface area contributed by atoms with Gasteiger partial charge in [-0.05, 0) is 56.2 Å². The predicted octanol–water partition coefficient (Wildman–Crippen LogP) is 3.11. The van der Waals surface area contributed by atoms with Gasteiger partial charge in [0, 0.05) is 6.04 Å². The first-order valence-electron chi connectivity index (χ1n) is 8.45. The Bertz CT molecular complexity index is 851. The Morgan fingerprint density at radius 3 is 2.37 bits per heavy atom. The zero-order valence-corrected chi connectivity index (χ0v) is 15.7. The Kier molecular flexibility index (Phi) is 7.32. The summed E-state index contributed by atoms with van der Waals surface area (Å²) in [6.07, 6.45) is 0.395. The molecule has 6 nitrogen and oxygen atoms in total. The smallest absolute Gasteiger partial charge is 0.304 e. The van der Waals surface area contributed by atoms with Gasteiger partial charge in [0.2, 0.25) is 10.0 Å². The van der Waals surface area contributed by atoms with Crippen molar-refractivity contribution >= 4 is 16.0 Å². The molecule has 0 aliphatic heterocycles. The minimum absolute atomic E-state index is 0.0889. The molecule has 146 valence electrons. The molecular weight excluding hydrogens is 373 g/mol. The van der Waals surface area contributed by atoms with Crippen molar-refractivity contribution in [2.75, 3.05) is 6.61 Å². The van der Waals surface area contributed by atoms with Crippen LogP contribution >= 0.6 is 0 Å². The molecule has 1 unspecified atom stereocenters. The molecule has 0 saturated carbocycles. The van der Waals surface area contributed by atoms with Crippen molar-refractivity contribution in [1.29, 1.82) is 0 Å². The van der Waals surface area contributed by atoms with Gasteiger partial charge >= 0.3 is 5.97 Å². The minimum atomic E-state index is -3.81. The van der Waals surface area contributed by atoms with Crippen LogP contribution < -0.4 is 9.46 Å². The number of halogens is 1. The number of benzene rings is 2. The maximum atomic E-state index is 12.8. The fourth-order valence-electron chi connectivity index (χ4n) is 2.47. The molecule has 2 N–H and O–H groups in total. The van der Waals surface area contributed by atoms with E-state index in [1.54, 1.807) is 12.1 Å². The molecule has 0 aromatic heterocycles. The van der Waals surface area contributed by atoms with Crippen LogP contribution in [-0.2, 0) is 14.8 Å². The van der Waals surface area contributed by atoms with Crippen molar-refractivity contribution in [3.8, 4) is 5.75 Å². The van der Waals surface area contributed by atoms with Crippen molar-refractivity contribution < 1.29 is 27.4 Å². The molecule has 0 fully saturated rings. The zero-order valence-electron chi connectivity index (χ0n) is 14.9. The van der Waals surface area contributed by atoms with E-state index in [1.165, 1.54) is 36.4 Å². The van der Waals surface area contributed by atoms with Gasteiger partial charge in [0.25, 0.3) is 0 Å². The van der Waals surface area contributed by atoms with Crippen molar-refractivity contribution in [3.63, 3.8) is 0 Å². The van der Waals surface area contributed by atoms with Crippen LogP contribution in [0.4, 0.5) is 4.39 Å². The van der Waals surface area contributed by atoms with E-state index < -0.39 is 22.0 Å². The Morgan fingerprint density at radius 2 is 1.78 bits per heavy atom. The molecule has 0 heterocycles. The van der Waals surface area contributed by atoms with E-state index in [2.05, 4.69) is 4.72 Å². The lowest BCUT2D eigenvalue weighted by Gasteiger charge is -2.17. The number of ether oxygens (including phenoxy) is 1. The first kappa shape index (κ1) is 20.9.